The second-order valence-electron chi connectivity index (χ2n) is 9.16. The van der Waals surface area contributed by atoms with E-state index in [1.165, 1.54) is 76.4 Å². The third-order valence-electron chi connectivity index (χ3n) is 7.15. The Balaban J connectivity index is 1.67. The van der Waals surface area contributed by atoms with Crippen molar-refractivity contribution >= 4 is 10.8 Å². The summed E-state index contributed by atoms with van der Waals surface area (Å²) in [4.78, 5) is 4.29. The first-order valence-corrected chi connectivity index (χ1v) is 11.6. The second kappa shape index (κ2) is 8.26. The van der Waals surface area contributed by atoms with E-state index >= 15 is 0 Å². The normalized spacial score (nSPS) is 14.8. The van der Waals surface area contributed by atoms with Crippen LogP contribution in [0.1, 0.15) is 54.7 Å². The van der Waals surface area contributed by atoms with Gasteiger partial charge in [0.2, 0.25) is 5.69 Å². The quantitative estimate of drug-likeness (QED) is 0.332. The standard InChI is InChI=1S/C29H31N2/c1-20-16-26(22-8-5-4-6-9-22)18-28(21(20)2)29-27-12-11-23(25-10-7-14-30-19-25)17-24(27)13-15-31(29)3/h7,10-19,22H,4-6,8-9H2,1-3H3/q+1. The molecule has 2 heteroatoms. The number of rotatable bonds is 3. The maximum Gasteiger partial charge on any atom is 0.220 e. The van der Waals surface area contributed by atoms with Crippen molar-refractivity contribution in [3.05, 3.63) is 83.8 Å². The van der Waals surface area contributed by atoms with Crippen LogP contribution < -0.4 is 4.57 Å². The number of fused-ring (bicyclic) bond motifs is 1. The number of pyridine rings is 2. The fraction of sp³-hybridized carbons (Fsp3) is 0.310. The van der Waals surface area contributed by atoms with Crippen molar-refractivity contribution in [2.24, 2.45) is 7.05 Å². The number of hydrogen-bond donors (Lipinski definition) is 0. The summed E-state index contributed by atoms with van der Waals surface area (Å²) in [6.45, 7) is 4.55. The molecular weight excluding hydrogens is 376 g/mol. The highest BCUT2D eigenvalue weighted by Gasteiger charge is 2.22. The van der Waals surface area contributed by atoms with Crippen LogP contribution in [0.2, 0.25) is 0 Å². The van der Waals surface area contributed by atoms with E-state index < -0.39 is 0 Å². The summed E-state index contributed by atoms with van der Waals surface area (Å²) in [5, 5.41) is 2.58. The van der Waals surface area contributed by atoms with E-state index in [2.05, 4.69) is 79.1 Å². The average molecular weight is 408 g/mol. The molecule has 0 bridgehead atoms. The molecule has 4 aromatic rings. The predicted molar refractivity (Wildman–Crippen MR) is 129 cm³/mol. The molecule has 1 saturated carbocycles. The summed E-state index contributed by atoms with van der Waals surface area (Å²) in [5.74, 6) is 0.712. The molecule has 2 aromatic heterocycles. The van der Waals surface area contributed by atoms with E-state index in [1.54, 1.807) is 0 Å². The summed E-state index contributed by atoms with van der Waals surface area (Å²) < 4.78 is 2.29. The maximum atomic E-state index is 4.29. The zero-order valence-electron chi connectivity index (χ0n) is 18.9. The lowest BCUT2D eigenvalue weighted by molar-refractivity contribution is -0.659. The van der Waals surface area contributed by atoms with Gasteiger partial charge < -0.3 is 0 Å². The first-order valence-electron chi connectivity index (χ1n) is 11.6. The molecule has 2 heterocycles. The van der Waals surface area contributed by atoms with Crippen LogP contribution in [0.4, 0.5) is 0 Å². The molecule has 31 heavy (non-hydrogen) atoms. The smallest absolute Gasteiger partial charge is 0.220 e. The molecule has 5 rings (SSSR count). The van der Waals surface area contributed by atoms with Gasteiger partial charge in [0.15, 0.2) is 6.20 Å². The van der Waals surface area contributed by atoms with Gasteiger partial charge in [0, 0.05) is 24.0 Å². The highest BCUT2D eigenvalue weighted by atomic mass is 14.9. The van der Waals surface area contributed by atoms with Crippen molar-refractivity contribution in [3.63, 3.8) is 0 Å². The van der Waals surface area contributed by atoms with Gasteiger partial charge in [-0.2, -0.15) is 0 Å². The van der Waals surface area contributed by atoms with Gasteiger partial charge in [-0.05, 0) is 84.5 Å². The highest BCUT2D eigenvalue weighted by Crippen LogP contribution is 2.38. The van der Waals surface area contributed by atoms with E-state index in [9.17, 15) is 0 Å². The molecule has 0 aliphatic heterocycles. The van der Waals surface area contributed by atoms with E-state index in [-0.39, 0.29) is 0 Å². The molecule has 1 aliphatic carbocycles. The summed E-state index contributed by atoms with van der Waals surface area (Å²) in [6.07, 6.45) is 12.8. The molecule has 0 saturated heterocycles. The molecule has 0 spiro atoms. The van der Waals surface area contributed by atoms with E-state index in [4.69, 9.17) is 0 Å². The topological polar surface area (TPSA) is 16.8 Å². The van der Waals surface area contributed by atoms with Gasteiger partial charge in [-0.1, -0.05) is 37.5 Å². The number of benzene rings is 2. The molecule has 0 unspecified atom stereocenters. The van der Waals surface area contributed by atoms with Crippen molar-refractivity contribution in [2.45, 2.75) is 51.9 Å². The molecule has 156 valence electrons. The molecular formula is C29H31N2+. The lowest BCUT2D eigenvalue weighted by Gasteiger charge is -2.23. The SMILES string of the molecule is Cc1cc(C2CCCCC2)cc(-c2c3ccc(-c4cccnc4)cc3cc[n+]2C)c1C. The van der Waals surface area contributed by atoms with Crippen LogP contribution in [0.15, 0.2) is 67.1 Å². The van der Waals surface area contributed by atoms with Crippen molar-refractivity contribution in [3.8, 4) is 22.4 Å². The largest absolute Gasteiger partial charge is 0.264 e. The zero-order chi connectivity index (χ0) is 21.4. The average Bonchev–Trinajstić information content (AvgIpc) is 2.82. The fourth-order valence-electron chi connectivity index (χ4n) is 5.23. The van der Waals surface area contributed by atoms with Crippen molar-refractivity contribution < 1.29 is 4.57 Å². The molecule has 1 fully saturated rings. The Bertz CT molecular complexity index is 1230. The molecule has 2 nitrogen and oxygen atoms in total. The number of nitrogens with zero attached hydrogens (tertiary/aromatic N) is 2. The monoisotopic (exact) mass is 407 g/mol. The van der Waals surface area contributed by atoms with Gasteiger partial charge in [0.1, 0.15) is 7.05 Å². The third-order valence-corrected chi connectivity index (χ3v) is 7.15. The van der Waals surface area contributed by atoms with Crippen molar-refractivity contribution in [2.75, 3.05) is 0 Å². The summed E-state index contributed by atoms with van der Waals surface area (Å²) in [7, 11) is 2.17. The van der Waals surface area contributed by atoms with Crippen LogP contribution in [0.3, 0.4) is 0 Å². The summed E-state index contributed by atoms with van der Waals surface area (Å²) in [6, 6.07) is 18.1. The Morgan fingerprint density at radius 2 is 1.74 bits per heavy atom. The van der Waals surface area contributed by atoms with Gasteiger partial charge >= 0.3 is 0 Å². The summed E-state index contributed by atoms with van der Waals surface area (Å²) in [5.41, 5.74) is 9.38. The Morgan fingerprint density at radius 1 is 0.903 bits per heavy atom. The summed E-state index contributed by atoms with van der Waals surface area (Å²) >= 11 is 0. The zero-order valence-corrected chi connectivity index (χ0v) is 18.9. The Kier molecular flexibility index (Phi) is 5.31. The van der Waals surface area contributed by atoms with E-state index in [1.807, 2.05) is 18.5 Å². The first-order chi connectivity index (χ1) is 15.1. The third kappa shape index (κ3) is 3.76. The van der Waals surface area contributed by atoms with E-state index in [0.717, 1.165) is 5.56 Å². The second-order valence-corrected chi connectivity index (χ2v) is 9.16. The predicted octanol–water partition coefficient (Wildman–Crippen LogP) is 7.06. The van der Waals surface area contributed by atoms with E-state index in [0.29, 0.717) is 5.92 Å². The number of hydrogen-bond acceptors (Lipinski definition) is 1. The number of aromatic nitrogens is 2. The molecule has 2 aromatic carbocycles. The molecule has 0 radical (unpaired) electrons. The molecule has 0 amide bonds. The van der Waals surface area contributed by atoms with Gasteiger partial charge in [0.25, 0.3) is 0 Å². The van der Waals surface area contributed by atoms with Crippen LogP contribution in [0.25, 0.3) is 33.2 Å². The molecule has 1 aliphatic rings. The maximum absolute atomic E-state index is 4.29. The van der Waals surface area contributed by atoms with Gasteiger partial charge in [-0.3, -0.25) is 4.98 Å². The van der Waals surface area contributed by atoms with Crippen LogP contribution in [-0.4, -0.2) is 4.98 Å². The van der Waals surface area contributed by atoms with Gasteiger partial charge in [-0.25, -0.2) is 4.57 Å². The van der Waals surface area contributed by atoms with Crippen molar-refractivity contribution in [1.82, 2.24) is 4.98 Å². The lowest BCUT2D eigenvalue weighted by Crippen LogP contribution is -2.31. The van der Waals surface area contributed by atoms with Crippen LogP contribution in [0, 0.1) is 13.8 Å². The fourth-order valence-corrected chi connectivity index (χ4v) is 5.23. The minimum absolute atomic E-state index is 0.712. The highest BCUT2D eigenvalue weighted by molar-refractivity contribution is 5.96. The lowest BCUT2D eigenvalue weighted by atomic mass is 9.81. The Hall–Kier alpha value is -3.00. The molecule has 0 atom stereocenters. The Morgan fingerprint density at radius 3 is 2.52 bits per heavy atom. The minimum Gasteiger partial charge on any atom is -0.264 e. The van der Waals surface area contributed by atoms with Crippen LogP contribution in [-0.2, 0) is 7.05 Å². The molecule has 0 N–H and O–H groups in total. The van der Waals surface area contributed by atoms with Crippen LogP contribution in [0.5, 0.6) is 0 Å². The number of aryl methyl sites for hydroxylation is 2. The van der Waals surface area contributed by atoms with Crippen LogP contribution >= 0.6 is 0 Å². The van der Waals surface area contributed by atoms with Gasteiger partial charge in [0.05, 0.1) is 10.9 Å². The Labute approximate surface area is 185 Å². The first kappa shape index (κ1) is 19.9. The van der Waals surface area contributed by atoms with Gasteiger partial charge in [-0.15, -0.1) is 0 Å². The van der Waals surface area contributed by atoms with Crippen molar-refractivity contribution in [1.29, 1.82) is 0 Å². The minimum atomic E-state index is 0.712.